The predicted octanol–water partition coefficient (Wildman–Crippen LogP) is 1.02. The maximum atomic E-state index is 12.9. The van der Waals surface area contributed by atoms with Gasteiger partial charge in [-0.2, -0.15) is 4.98 Å². The van der Waals surface area contributed by atoms with Crippen molar-refractivity contribution in [3.05, 3.63) is 24.1 Å². The molecule has 86 valence electrons. The summed E-state index contributed by atoms with van der Waals surface area (Å²) in [5.41, 5.74) is 6.07. The van der Waals surface area contributed by atoms with Gasteiger partial charge in [-0.25, -0.2) is 8.91 Å². The summed E-state index contributed by atoms with van der Waals surface area (Å²) in [5.74, 6) is 0.104. The molecule has 0 aliphatic carbocycles. The van der Waals surface area contributed by atoms with E-state index >= 15 is 0 Å². The molecule has 0 aromatic carbocycles. The number of hydrogen-bond acceptors (Lipinski definition) is 4. The second kappa shape index (κ2) is 3.71. The number of anilines is 1. The lowest BCUT2D eigenvalue weighted by Crippen LogP contribution is -2.39. The molecule has 2 rings (SSSR count). The number of nitrogens with two attached hydrogens (primary N) is 1. The number of halogens is 1. The van der Waals surface area contributed by atoms with Crippen LogP contribution in [0.4, 0.5) is 10.3 Å². The molecular formula is C10H14FN5. The minimum absolute atomic E-state index is 0.344. The van der Waals surface area contributed by atoms with Crippen LogP contribution in [0, 0.1) is 5.82 Å². The summed E-state index contributed by atoms with van der Waals surface area (Å²) in [6.07, 6.45) is 1.28. The highest BCUT2D eigenvalue weighted by Crippen LogP contribution is 2.07. The standard InChI is InChI=1S/C10H14FN5/c1-10(2,12)6-13-9-14-8-4-3-7(11)5-16(8)15-9/h3-5H,6,12H2,1-2H3,(H,13,15). The Morgan fingerprint density at radius 1 is 1.50 bits per heavy atom. The zero-order valence-electron chi connectivity index (χ0n) is 9.24. The molecule has 2 aromatic rings. The van der Waals surface area contributed by atoms with Gasteiger partial charge in [-0.15, -0.1) is 5.10 Å². The van der Waals surface area contributed by atoms with Crippen LogP contribution >= 0.6 is 0 Å². The van der Waals surface area contributed by atoms with E-state index in [9.17, 15) is 4.39 Å². The van der Waals surface area contributed by atoms with Gasteiger partial charge in [0.05, 0.1) is 6.20 Å². The van der Waals surface area contributed by atoms with Crippen molar-refractivity contribution < 1.29 is 4.39 Å². The van der Waals surface area contributed by atoms with Gasteiger partial charge in [0.25, 0.3) is 0 Å². The van der Waals surface area contributed by atoms with Gasteiger partial charge in [0, 0.05) is 12.1 Å². The van der Waals surface area contributed by atoms with Crippen molar-refractivity contribution >= 4 is 11.6 Å². The first-order valence-electron chi connectivity index (χ1n) is 4.99. The monoisotopic (exact) mass is 223 g/mol. The van der Waals surface area contributed by atoms with Gasteiger partial charge in [-0.3, -0.25) is 0 Å². The van der Waals surface area contributed by atoms with Crippen molar-refractivity contribution in [2.24, 2.45) is 5.73 Å². The van der Waals surface area contributed by atoms with Crippen molar-refractivity contribution in [3.63, 3.8) is 0 Å². The summed E-state index contributed by atoms with van der Waals surface area (Å²) in [7, 11) is 0. The van der Waals surface area contributed by atoms with E-state index in [-0.39, 0.29) is 11.4 Å². The quantitative estimate of drug-likeness (QED) is 0.815. The van der Waals surface area contributed by atoms with E-state index in [1.807, 2.05) is 13.8 Å². The molecule has 6 heteroatoms. The topological polar surface area (TPSA) is 68.2 Å². The molecular weight excluding hydrogens is 209 g/mol. The number of rotatable bonds is 3. The molecule has 0 aliphatic rings. The fourth-order valence-electron chi connectivity index (χ4n) is 1.24. The molecule has 0 saturated carbocycles. The van der Waals surface area contributed by atoms with Crippen LogP contribution in [0.25, 0.3) is 5.65 Å². The zero-order chi connectivity index (χ0) is 11.8. The Morgan fingerprint density at radius 3 is 2.94 bits per heavy atom. The van der Waals surface area contributed by atoms with Crippen LogP contribution in [0.2, 0.25) is 0 Å². The summed E-state index contributed by atoms with van der Waals surface area (Å²) in [4.78, 5) is 4.18. The summed E-state index contributed by atoms with van der Waals surface area (Å²) >= 11 is 0. The van der Waals surface area contributed by atoms with Gasteiger partial charge in [-0.05, 0) is 26.0 Å². The van der Waals surface area contributed by atoms with Crippen molar-refractivity contribution in [1.29, 1.82) is 0 Å². The van der Waals surface area contributed by atoms with Gasteiger partial charge in [-0.1, -0.05) is 0 Å². The fourth-order valence-corrected chi connectivity index (χ4v) is 1.24. The minimum atomic E-state index is -0.345. The SMILES string of the molecule is CC(C)(N)CNc1nc2ccc(F)cn2n1. The van der Waals surface area contributed by atoms with Crippen LogP contribution in [0.1, 0.15) is 13.8 Å². The highest BCUT2D eigenvalue weighted by Gasteiger charge is 2.11. The fraction of sp³-hybridized carbons (Fsp3) is 0.400. The molecule has 0 unspecified atom stereocenters. The third kappa shape index (κ3) is 2.46. The molecule has 0 radical (unpaired) electrons. The largest absolute Gasteiger partial charge is 0.351 e. The molecule has 16 heavy (non-hydrogen) atoms. The number of pyridine rings is 1. The molecule has 3 N–H and O–H groups in total. The Labute approximate surface area is 92.5 Å². The Morgan fingerprint density at radius 2 is 2.25 bits per heavy atom. The number of nitrogens with zero attached hydrogens (tertiary/aromatic N) is 3. The van der Waals surface area contributed by atoms with Gasteiger partial charge < -0.3 is 11.1 Å². The number of fused-ring (bicyclic) bond motifs is 1. The minimum Gasteiger partial charge on any atom is -0.351 e. The second-order valence-corrected chi connectivity index (χ2v) is 4.43. The number of hydrogen-bond donors (Lipinski definition) is 2. The van der Waals surface area contributed by atoms with E-state index in [2.05, 4.69) is 15.4 Å². The van der Waals surface area contributed by atoms with Crippen molar-refractivity contribution in [1.82, 2.24) is 14.6 Å². The molecule has 0 bridgehead atoms. The smallest absolute Gasteiger partial charge is 0.243 e. The van der Waals surface area contributed by atoms with E-state index in [0.717, 1.165) is 0 Å². The highest BCUT2D eigenvalue weighted by atomic mass is 19.1. The molecule has 0 atom stereocenters. The van der Waals surface area contributed by atoms with E-state index < -0.39 is 0 Å². The molecule has 0 aliphatic heterocycles. The van der Waals surface area contributed by atoms with Crippen LogP contribution < -0.4 is 11.1 Å². The second-order valence-electron chi connectivity index (χ2n) is 4.43. The van der Waals surface area contributed by atoms with Gasteiger partial charge in [0.2, 0.25) is 5.95 Å². The molecule has 2 heterocycles. The zero-order valence-corrected chi connectivity index (χ0v) is 9.24. The van der Waals surface area contributed by atoms with Crippen LogP contribution in [-0.2, 0) is 0 Å². The number of aromatic nitrogens is 3. The lowest BCUT2D eigenvalue weighted by molar-refractivity contribution is 0.547. The van der Waals surface area contributed by atoms with Gasteiger partial charge in [0.15, 0.2) is 5.65 Å². The normalized spacial score (nSPS) is 12.0. The summed E-state index contributed by atoms with van der Waals surface area (Å²) < 4.78 is 14.3. The summed E-state index contributed by atoms with van der Waals surface area (Å²) in [6, 6.07) is 2.92. The van der Waals surface area contributed by atoms with Crippen LogP contribution in [-0.4, -0.2) is 26.7 Å². The van der Waals surface area contributed by atoms with Crippen molar-refractivity contribution in [2.45, 2.75) is 19.4 Å². The van der Waals surface area contributed by atoms with E-state index in [0.29, 0.717) is 18.1 Å². The Hall–Kier alpha value is -1.69. The first-order valence-corrected chi connectivity index (χ1v) is 4.99. The summed E-state index contributed by atoms with van der Waals surface area (Å²) in [6.45, 7) is 4.34. The average molecular weight is 223 g/mol. The van der Waals surface area contributed by atoms with Crippen LogP contribution in [0.15, 0.2) is 18.3 Å². The Balaban J connectivity index is 2.20. The third-order valence-corrected chi connectivity index (χ3v) is 2.00. The average Bonchev–Trinajstić information content (AvgIpc) is 2.55. The predicted molar refractivity (Wildman–Crippen MR) is 59.7 cm³/mol. The molecule has 5 nitrogen and oxygen atoms in total. The third-order valence-electron chi connectivity index (χ3n) is 2.00. The number of nitrogens with one attached hydrogen (secondary N) is 1. The van der Waals surface area contributed by atoms with Crippen LogP contribution in [0.3, 0.4) is 0 Å². The van der Waals surface area contributed by atoms with E-state index in [1.54, 1.807) is 6.07 Å². The Kier molecular flexibility index (Phi) is 2.51. The Bertz CT molecular complexity index is 499. The first-order chi connectivity index (χ1) is 7.44. The van der Waals surface area contributed by atoms with Gasteiger partial charge >= 0.3 is 0 Å². The lowest BCUT2D eigenvalue weighted by Gasteiger charge is -2.17. The van der Waals surface area contributed by atoms with Crippen molar-refractivity contribution in [2.75, 3.05) is 11.9 Å². The molecule has 0 spiro atoms. The van der Waals surface area contributed by atoms with E-state index in [1.165, 1.54) is 16.8 Å². The molecule has 0 saturated heterocycles. The molecule has 2 aromatic heterocycles. The first kappa shape index (κ1) is 10.8. The van der Waals surface area contributed by atoms with E-state index in [4.69, 9.17) is 5.73 Å². The van der Waals surface area contributed by atoms with Crippen molar-refractivity contribution in [3.8, 4) is 0 Å². The van der Waals surface area contributed by atoms with Gasteiger partial charge in [0.1, 0.15) is 5.82 Å². The summed E-state index contributed by atoms with van der Waals surface area (Å²) in [5, 5.41) is 7.08. The maximum Gasteiger partial charge on any atom is 0.243 e. The van der Waals surface area contributed by atoms with Crippen LogP contribution in [0.5, 0.6) is 0 Å². The molecule has 0 amide bonds. The lowest BCUT2D eigenvalue weighted by atomic mass is 10.1. The molecule has 0 fully saturated rings. The highest BCUT2D eigenvalue weighted by molar-refractivity contribution is 5.43. The maximum absolute atomic E-state index is 12.9.